The number of hydrogen-bond donors (Lipinski definition) is 2. The van der Waals surface area contributed by atoms with Gasteiger partial charge >= 0.3 is 0 Å². The SMILES string of the molecule is CNC(=O)Cc1csc(NC(=O)C(C)n2nc(-c3ccc(F)cc3)ccc2=O)n1. The molecule has 0 bridgehead atoms. The van der Waals surface area contributed by atoms with E-state index in [0.29, 0.717) is 22.1 Å². The number of nitrogens with one attached hydrogen (secondary N) is 2. The van der Waals surface area contributed by atoms with Gasteiger partial charge in [-0.2, -0.15) is 5.10 Å². The van der Waals surface area contributed by atoms with Gasteiger partial charge in [0, 0.05) is 24.1 Å². The van der Waals surface area contributed by atoms with E-state index in [-0.39, 0.29) is 18.1 Å². The highest BCUT2D eigenvalue weighted by Crippen LogP contribution is 2.19. The number of carbonyl (C=O) groups excluding carboxylic acids is 2. The molecule has 2 N–H and O–H groups in total. The smallest absolute Gasteiger partial charge is 0.267 e. The van der Waals surface area contributed by atoms with Gasteiger partial charge in [0.15, 0.2) is 5.13 Å². The van der Waals surface area contributed by atoms with Gasteiger partial charge in [0.2, 0.25) is 5.91 Å². The van der Waals surface area contributed by atoms with Gasteiger partial charge in [-0.3, -0.25) is 14.4 Å². The second kappa shape index (κ2) is 8.74. The Bertz CT molecular complexity index is 1090. The number of halogens is 1. The fraction of sp³-hybridized carbons (Fsp3) is 0.211. The molecule has 0 aliphatic carbocycles. The zero-order valence-corrected chi connectivity index (χ0v) is 16.5. The van der Waals surface area contributed by atoms with Crippen LogP contribution in [0, 0.1) is 5.82 Å². The van der Waals surface area contributed by atoms with E-state index in [0.717, 1.165) is 4.68 Å². The van der Waals surface area contributed by atoms with Gasteiger partial charge in [0.05, 0.1) is 17.8 Å². The van der Waals surface area contributed by atoms with Crippen LogP contribution in [0.5, 0.6) is 0 Å². The van der Waals surface area contributed by atoms with Crippen molar-refractivity contribution in [2.45, 2.75) is 19.4 Å². The molecule has 1 aromatic carbocycles. The standard InChI is InChI=1S/C19H18FN5O3S/c1-11(18(28)23-19-22-14(10-29-19)9-16(26)21-2)25-17(27)8-7-15(24-25)12-3-5-13(20)6-4-12/h3-8,10-11H,9H2,1-2H3,(H,21,26)(H,22,23,28). The van der Waals surface area contributed by atoms with Crippen LogP contribution in [-0.4, -0.2) is 33.6 Å². The Morgan fingerprint density at radius 2 is 1.93 bits per heavy atom. The number of carbonyl (C=O) groups is 2. The van der Waals surface area contributed by atoms with E-state index < -0.39 is 17.5 Å². The van der Waals surface area contributed by atoms with Crippen LogP contribution < -0.4 is 16.2 Å². The van der Waals surface area contributed by atoms with Crippen molar-refractivity contribution in [2.75, 3.05) is 12.4 Å². The molecule has 0 fully saturated rings. The Hall–Kier alpha value is -3.40. The van der Waals surface area contributed by atoms with Crippen LogP contribution in [0.15, 0.2) is 46.6 Å². The van der Waals surface area contributed by atoms with Crippen LogP contribution >= 0.6 is 11.3 Å². The molecule has 8 nitrogen and oxygen atoms in total. The summed E-state index contributed by atoms with van der Waals surface area (Å²) in [6.45, 7) is 1.54. The predicted octanol–water partition coefficient (Wildman–Crippen LogP) is 1.99. The molecular formula is C19H18FN5O3S. The topological polar surface area (TPSA) is 106 Å². The van der Waals surface area contributed by atoms with E-state index in [2.05, 4.69) is 20.7 Å². The molecule has 2 heterocycles. The molecule has 2 amide bonds. The van der Waals surface area contributed by atoms with Gasteiger partial charge in [-0.05, 0) is 37.3 Å². The molecule has 2 aromatic heterocycles. The molecule has 1 unspecified atom stereocenters. The largest absolute Gasteiger partial charge is 0.359 e. The van der Waals surface area contributed by atoms with Crippen LogP contribution in [0.25, 0.3) is 11.3 Å². The van der Waals surface area contributed by atoms with Crippen molar-refractivity contribution in [3.8, 4) is 11.3 Å². The zero-order valence-electron chi connectivity index (χ0n) is 15.7. The van der Waals surface area contributed by atoms with Crippen molar-refractivity contribution in [3.63, 3.8) is 0 Å². The molecule has 3 aromatic rings. The highest BCUT2D eigenvalue weighted by atomic mass is 32.1. The maximum absolute atomic E-state index is 13.1. The molecule has 3 rings (SSSR count). The number of benzene rings is 1. The minimum absolute atomic E-state index is 0.110. The molecule has 10 heteroatoms. The number of anilines is 1. The zero-order chi connectivity index (χ0) is 21.0. The van der Waals surface area contributed by atoms with Gasteiger partial charge in [0.1, 0.15) is 11.9 Å². The molecule has 150 valence electrons. The van der Waals surface area contributed by atoms with E-state index >= 15 is 0 Å². The Kier molecular flexibility index (Phi) is 6.13. The summed E-state index contributed by atoms with van der Waals surface area (Å²) in [4.78, 5) is 40.4. The summed E-state index contributed by atoms with van der Waals surface area (Å²) in [6.07, 6.45) is 0.110. The lowest BCUT2D eigenvalue weighted by Gasteiger charge is -2.14. The van der Waals surface area contributed by atoms with Crippen LogP contribution in [0.2, 0.25) is 0 Å². The second-order valence-electron chi connectivity index (χ2n) is 6.17. The average molecular weight is 415 g/mol. The first-order valence-electron chi connectivity index (χ1n) is 8.69. The first kappa shape index (κ1) is 20.3. The number of thiazole rings is 1. The summed E-state index contributed by atoms with van der Waals surface area (Å²) in [7, 11) is 1.53. The van der Waals surface area contributed by atoms with Gasteiger partial charge < -0.3 is 10.6 Å². The lowest BCUT2D eigenvalue weighted by Crippen LogP contribution is -2.33. The molecule has 1 atom stereocenters. The normalized spacial score (nSPS) is 11.7. The van der Waals surface area contributed by atoms with Crippen LogP contribution in [0.3, 0.4) is 0 Å². The average Bonchev–Trinajstić information content (AvgIpc) is 3.15. The van der Waals surface area contributed by atoms with Crippen molar-refractivity contribution in [3.05, 3.63) is 63.6 Å². The van der Waals surface area contributed by atoms with Gasteiger partial charge in [-0.15, -0.1) is 11.3 Å². The van der Waals surface area contributed by atoms with E-state index in [1.807, 2.05) is 0 Å². The number of nitrogens with zero attached hydrogens (tertiary/aromatic N) is 3. The van der Waals surface area contributed by atoms with Crippen molar-refractivity contribution in [2.24, 2.45) is 0 Å². The first-order chi connectivity index (χ1) is 13.9. The minimum Gasteiger partial charge on any atom is -0.359 e. The van der Waals surface area contributed by atoms with E-state index in [4.69, 9.17) is 0 Å². The summed E-state index contributed by atoms with van der Waals surface area (Å²) in [6, 6.07) is 7.59. The van der Waals surface area contributed by atoms with Crippen LogP contribution in [0.4, 0.5) is 9.52 Å². The lowest BCUT2D eigenvalue weighted by molar-refractivity contribution is -0.120. The monoisotopic (exact) mass is 415 g/mol. The maximum Gasteiger partial charge on any atom is 0.267 e. The molecule has 0 aliphatic rings. The number of amides is 2. The third kappa shape index (κ3) is 4.91. The van der Waals surface area contributed by atoms with E-state index in [1.165, 1.54) is 49.6 Å². The molecule has 0 saturated heterocycles. The molecular weight excluding hydrogens is 397 g/mol. The highest BCUT2D eigenvalue weighted by molar-refractivity contribution is 7.13. The van der Waals surface area contributed by atoms with Gasteiger partial charge in [-0.1, -0.05) is 0 Å². The number of hydrogen-bond acceptors (Lipinski definition) is 6. The summed E-state index contributed by atoms with van der Waals surface area (Å²) in [5, 5.41) is 11.4. The van der Waals surface area contributed by atoms with Crippen molar-refractivity contribution in [1.82, 2.24) is 20.1 Å². The van der Waals surface area contributed by atoms with E-state index in [9.17, 15) is 18.8 Å². The van der Waals surface area contributed by atoms with Gasteiger partial charge in [0.25, 0.3) is 11.5 Å². The third-order valence-corrected chi connectivity index (χ3v) is 4.92. The van der Waals surface area contributed by atoms with Crippen LogP contribution in [0.1, 0.15) is 18.7 Å². The molecule has 0 spiro atoms. The van der Waals surface area contributed by atoms with Crippen molar-refractivity contribution >= 4 is 28.3 Å². The molecule has 0 aliphatic heterocycles. The Labute approximate surface area is 169 Å². The number of aromatic nitrogens is 3. The molecule has 0 radical (unpaired) electrons. The minimum atomic E-state index is -0.908. The van der Waals surface area contributed by atoms with Crippen molar-refractivity contribution in [1.29, 1.82) is 0 Å². The molecule has 29 heavy (non-hydrogen) atoms. The quantitative estimate of drug-likeness (QED) is 0.641. The molecule has 0 saturated carbocycles. The van der Waals surface area contributed by atoms with Gasteiger partial charge in [-0.25, -0.2) is 14.1 Å². The predicted molar refractivity (Wildman–Crippen MR) is 107 cm³/mol. The third-order valence-electron chi connectivity index (χ3n) is 4.11. The first-order valence-corrected chi connectivity index (χ1v) is 9.57. The highest BCUT2D eigenvalue weighted by Gasteiger charge is 2.19. The van der Waals surface area contributed by atoms with Crippen molar-refractivity contribution < 1.29 is 14.0 Å². The maximum atomic E-state index is 13.1. The fourth-order valence-corrected chi connectivity index (χ4v) is 3.21. The lowest BCUT2D eigenvalue weighted by atomic mass is 10.1. The number of rotatable bonds is 6. The van der Waals surface area contributed by atoms with E-state index in [1.54, 1.807) is 17.5 Å². The summed E-state index contributed by atoms with van der Waals surface area (Å²) in [5.74, 6) is -1.04. The Balaban J connectivity index is 1.77. The second-order valence-corrected chi connectivity index (χ2v) is 7.03. The van der Waals surface area contributed by atoms with Crippen LogP contribution in [-0.2, 0) is 16.0 Å². The Morgan fingerprint density at radius 3 is 2.62 bits per heavy atom. The fourth-order valence-electron chi connectivity index (χ4n) is 2.50. The summed E-state index contributed by atoms with van der Waals surface area (Å²) >= 11 is 1.18. The Morgan fingerprint density at radius 1 is 1.21 bits per heavy atom. The summed E-state index contributed by atoms with van der Waals surface area (Å²) < 4.78 is 14.2. The number of likely N-dealkylation sites (N-methyl/N-ethyl adjacent to an activating group) is 1. The summed E-state index contributed by atoms with van der Waals surface area (Å²) in [5.41, 5.74) is 1.14.